The molecule has 6 heteroatoms. The Labute approximate surface area is 139 Å². The van der Waals surface area contributed by atoms with Crippen LogP contribution in [0.5, 0.6) is 0 Å². The van der Waals surface area contributed by atoms with Gasteiger partial charge in [0, 0.05) is 32.4 Å². The van der Waals surface area contributed by atoms with Gasteiger partial charge in [0.25, 0.3) is 0 Å². The molecule has 2 saturated heterocycles. The van der Waals surface area contributed by atoms with Crippen LogP contribution < -0.4 is 0 Å². The van der Waals surface area contributed by atoms with E-state index in [2.05, 4.69) is 34.1 Å². The summed E-state index contributed by atoms with van der Waals surface area (Å²) in [7, 11) is -2.86. The van der Waals surface area contributed by atoms with Crippen molar-refractivity contribution in [2.75, 3.05) is 44.8 Å². The monoisotopic (exact) mass is 338 g/mol. The standard InChI is InChI=1S/C17H26N2O3S/c1-23(20,21)11-5-8-18-13-16-17(14-18)22-10-9-19(16)12-15-6-3-2-4-7-15/h2-4,6-7,16-17H,5,8-14H2,1H3/t16-,17-/m1/s1. The van der Waals surface area contributed by atoms with Crippen molar-refractivity contribution >= 4 is 9.84 Å². The van der Waals surface area contributed by atoms with E-state index in [4.69, 9.17) is 4.74 Å². The molecule has 5 nitrogen and oxygen atoms in total. The van der Waals surface area contributed by atoms with Crippen LogP contribution in [0, 0.1) is 0 Å². The highest BCUT2D eigenvalue weighted by Crippen LogP contribution is 2.24. The number of ether oxygens (including phenoxy) is 1. The van der Waals surface area contributed by atoms with Gasteiger partial charge in [0.1, 0.15) is 9.84 Å². The molecule has 128 valence electrons. The quantitative estimate of drug-likeness (QED) is 0.775. The summed E-state index contributed by atoms with van der Waals surface area (Å²) in [4.78, 5) is 4.86. The van der Waals surface area contributed by atoms with Crippen molar-refractivity contribution in [3.63, 3.8) is 0 Å². The fourth-order valence-corrected chi connectivity index (χ4v) is 4.23. The Hall–Kier alpha value is -0.950. The maximum absolute atomic E-state index is 11.3. The molecule has 23 heavy (non-hydrogen) atoms. The summed E-state index contributed by atoms with van der Waals surface area (Å²) in [5, 5.41) is 0. The van der Waals surface area contributed by atoms with Crippen molar-refractivity contribution in [1.82, 2.24) is 9.80 Å². The maximum atomic E-state index is 11.3. The number of morpholine rings is 1. The summed E-state index contributed by atoms with van der Waals surface area (Å²) in [6.07, 6.45) is 2.27. The number of likely N-dealkylation sites (tertiary alicyclic amines) is 1. The third kappa shape index (κ3) is 4.76. The van der Waals surface area contributed by atoms with E-state index in [1.165, 1.54) is 11.8 Å². The lowest BCUT2D eigenvalue weighted by Gasteiger charge is -2.37. The van der Waals surface area contributed by atoms with Gasteiger partial charge in [-0.25, -0.2) is 8.42 Å². The van der Waals surface area contributed by atoms with Crippen LogP contribution in [-0.2, 0) is 21.1 Å². The lowest BCUT2D eigenvalue weighted by molar-refractivity contribution is -0.0504. The van der Waals surface area contributed by atoms with E-state index in [9.17, 15) is 8.42 Å². The van der Waals surface area contributed by atoms with Gasteiger partial charge in [0.15, 0.2) is 0 Å². The molecule has 2 heterocycles. The normalized spacial score (nSPS) is 26.3. The number of fused-ring (bicyclic) bond motifs is 1. The Morgan fingerprint density at radius 2 is 2.00 bits per heavy atom. The second-order valence-electron chi connectivity index (χ2n) is 6.68. The van der Waals surface area contributed by atoms with Gasteiger partial charge in [0.05, 0.1) is 24.5 Å². The van der Waals surface area contributed by atoms with Gasteiger partial charge in [0.2, 0.25) is 0 Å². The Balaban J connectivity index is 1.55. The van der Waals surface area contributed by atoms with Gasteiger partial charge < -0.3 is 4.74 Å². The van der Waals surface area contributed by atoms with Crippen LogP contribution >= 0.6 is 0 Å². The molecule has 0 amide bonds. The zero-order valence-electron chi connectivity index (χ0n) is 13.7. The molecule has 2 aliphatic heterocycles. The number of hydrogen-bond acceptors (Lipinski definition) is 5. The molecular formula is C17H26N2O3S. The highest BCUT2D eigenvalue weighted by molar-refractivity contribution is 7.90. The molecule has 2 fully saturated rings. The van der Waals surface area contributed by atoms with Gasteiger partial charge in [-0.3, -0.25) is 9.80 Å². The summed E-state index contributed by atoms with van der Waals surface area (Å²) in [6.45, 7) is 5.44. The molecule has 1 aromatic carbocycles. The largest absolute Gasteiger partial charge is 0.374 e. The van der Waals surface area contributed by atoms with E-state index in [0.717, 1.165) is 39.3 Å². The molecule has 0 spiro atoms. The summed E-state index contributed by atoms with van der Waals surface area (Å²) in [5.41, 5.74) is 1.34. The van der Waals surface area contributed by atoms with E-state index in [1.54, 1.807) is 0 Å². The molecule has 0 bridgehead atoms. The van der Waals surface area contributed by atoms with E-state index < -0.39 is 9.84 Å². The molecule has 1 aromatic rings. The Kier molecular flexibility index (Phi) is 5.36. The molecule has 0 radical (unpaired) electrons. The van der Waals surface area contributed by atoms with Crippen molar-refractivity contribution in [3.8, 4) is 0 Å². The minimum Gasteiger partial charge on any atom is -0.374 e. The SMILES string of the molecule is CS(=O)(=O)CCCN1C[C@@H]2[C@@H](C1)OCCN2Cc1ccccc1. The highest BCUT2D eigenvalue weighted by atomic mass is 32.2. The van der Waals surface area contributed by atoms with Crippen LogP contribution in [0.25, 0.3) is 0 Å². The van der Waals surface area contributed by atoms with Gasteiger partial charge in [-0.05, 0) is 18.5 Å². The first-order valence-electron chi connectivity index (χ1n) is 8.31. The predicted molar refractivity (Wildman–Crippen MR) is 91.1 cm³/mol. The van der Waals surface area contributed by atoms with Crippen LogP contribution in [0.2, 0.25) is 0 Å². The van der Waals surface area contributed by atoms with Gasteiger partial charge >= 0.3 is 0 Å². The molecule has 2 atom stereocenters. The second kappa shape index (κ2) is 7.30. The van der Waals surface area contributed by atoms with Crippen molar-refractivity contribution in [1.29, 1.82) is 0 Å². The van der Waals surface area contributed by atoms with Crippen molar-refractivity contribution in [2.24, 2.45) is 0 Å². The van der Waals surface area contributed by atoms with E-state index in [1.807, 2.05) is 6.07 Å². The van der Waals surface area contributed by atoms with E-state index in [-0.39, 0.29) is 11.9 Å². The molecule has 2 aliphatic rings. The highest BCUT2D eigenvalue weighted by Gasteiger charge is 2.39. The summed E-state index contributed by atoms with van der Waals surface area (Å²) >= 11 is 0. The van der Waals surface area contributed by atoms with Crippen molar-refractivity contribution in [3.05, 3.63) is 35.9 Å². The number of hydrogen-bond donors (Lipinski definition) is 0. The summed E-state index contributed by atoms with van der Waals surface area (Å²) in [6, 6.07) is 11.0. The van der Waals surface area contributed by atoms with Gasteiger partial charge in [-0.2, -0.15) is 0 Å². The molecule has 0 N–H and O–H groups in total. The fourth-order valence-electron chi connectivity index (χ4n) is 3.58. The molecular weight excluding hydrogens is 312 g/mol. The minimum absolute atomic E-state index is 0.255. The van der Waals surface area contributed by atoms with Crippen LogP contribution in [0.15, 0.2) is 30.3 Å². The Morgan fingerprint density at radius 1 is 1.22 bits per heavy atom. The molecule has 0 aliphatic carbocycles. The Bertz CT molecular complexity index is 606. The van der Waals surface area contributed by atoms with Crippen molar-refractivity contribution < 1.29 is 13.2 Å². The first kappa shape index (κ1) is 16.9. The topological polar surface area (TPSA) is 49.9 Å². The molecule has 3 rings (SSSR count). The summed E-state index contributed by atoms with van der Waals surface area (Å²) in [5.74, 6) is 0.271. The minimum atomic E-state index is -2.86. The zero-order chi connectivity index (χ0) is 16.3. The van der Waals surface area contributed by atoms with E-state index >= 15 is 0 Å². The zero-order valence-corrected chi connectivity index (χ0v) is 14.5. The molecule has 0 unspecified atom stereocenters. The Morgan fingerprint density at radius 3 is 2.74 bits per heavy atom. The van der Waals surface area contributed by atoms with Gasteiger partial charge in [-0.1, -0.05) is 30.3 Å². The lowest BCUT2D eigenvalue weighted by atomic mass is 10.1. The van der Waals surface area contributed by atoms with Crippen LogP contribution in [-0.4, -0.2) is 75.2 Å². The third-order valence-electron chi connectivity index (χ3n) is 4.71. The van der Waals surface area contributed by atoms with Crippen LogP contribution in [0.1, 0.15) is 12.0 Å². The average Bonchev–Trinajstić information content (AvgIpc) is 2.91. The van der Waals surface area contributed by atoms with Crippen molar-refractivity contribution in [2.45, 2.75) is 25.1 Å². The first-order chi connectivity index (χ1) is 11.0. The first-order valence-corrected chi connectivity index (χ1v) is 10.4. The second-order valence-corrected chi connectivity index (χ2v) is 8.94. The number of rotatable bonds is 6. The molecule has 0 saturated carbocycles. The lowest BCUT2D eigenvalue weighted by Crippen LogP contribution is -2.50. The fraction of sp³-hybridized carbons (Fsp3) is 0.647. The number of nitrogens with zero attached hydrogens (tertiary/aromatic N) is 2. The molecule has 0 aromatic heterocycles. The summed E-state index contributed by atoms with van der Waals surface area (Å²) < 4.78 is 28.5. The predicted octanol–water partition coefficient (Wildman–Crippen LogP) is 1.01. The maximum Gasteiger partial charge on any atom is 0.147 e. The third-order valence-corrected chi connectivity index (χ3v) is 5.74. The average molecular weight is 338 g/mol. The number of sulfone groups is 1. The van der Waals surface area contributed by atoms with Crippen LogP contribution in [0.4, 0.5) is 0 Å². The van der Waals surface area contributed by atoms with Gasteiger partial charge in [-0.15, -0.1) is 0 Å². The smallest absolute Gasteiger partial charge is 0.147 e. The van der Waals surface area contributed by atoms with Crippen LogP contribution in [0.3, 0.4) is 0 Å². The number of benzene rings is 1. The van der Waals surface area contributed by atoms with E-state index in [0.29, 0.717) is 12.5 Å².